The van der Waals surface area contributed by atoms with Gasteiger partial charge in [0.05, 0.1) is 11.4 Å². The summed E-state index contributed by atoms with van der Waals surface area (Å²) < 4.78 is 2.69. The monoisotopic (exact) mass is 334 g/mol. The van der Waals surface area contributed by atoms with Gasteiger partial charge in [0, 0.05) is 11.0 Å². The molecule has 0 aliphatic carbocycles. The second-order valence-electron chi connectivity index (χ2n) is 4.37. The number of hydrogen-bond acceptors (Lipinski definition) is 3. The summed E-state index contributed by atoms with van der Waals surface area (Å²) in [4.78, 5) is 11.9. The lowest BCUT2D eigenvalue weighted by molar-refractivity contribution is 0.0952. The SMILES string of the molecule is C=CCNC(=O)c1nnn(-c2ccc(Br)c(C)c2)c1C. The number of carbonyl (C=O) groups excluding carboxylic acids is 1. The fourth-order valence-electron chi connectivity index (χ4n) is 1.79. The Morgan fingerprint density at radius 1 is 1.50 bits per heavy atom. The number of hydrogen-bond donors (Lipinski definition) is 1. The van der Waals surface area contributed by atoms with Gasteiger partial charge in [0.2, 0.25) is 0 Å². The maximum Gasteiger partial charge on any atom is 0.274 e. The molecule has 1 N–H and O–H groups in total. The average molecular weight is 335 g/mol. The van der Waals surface area contributed by atoms with Gasteiger partial charge in [-0.1, -0.05) is 27.2 Å². The van der Waals surface area contributed by atoms with E-state index in [0.717, 1.165) is 15.7 Å². The third-order valence-electron chi connectivity index (χ3n) is 2.90. The fourth-order valence-corrected chi connectivity index (χ4v) is 2.04. The Morgan fingerprint density at radius 2 is 2.25 bits per heavy atom. The number of nitrogens with one attached hydrogen (secondary N) is 1. The molecule has 0 aliphatic rings. The Labute approximate surface area is 125 Å². The van der Waals surface area contributed by atoms with Crippen LogP contribution in [0.5, 0.6) is 0 Å². The van der Waals surface area contributed by atoms with E-state index in [2.05, 4.69) is 38.1 Å². The zero-order valence-corrected chi connectivity index (χ0v) is 12.9. The lowest BCUT2D eigenvalue weighted by Gasteiger charge is -2.06. The number of rotatable bonds is 4. The van der Waals surface area contributed by atoms with Crippen molar-refractivity contribution in [3.8, 4) is 5.69 Å². The van der Waals surface area contributed by atoms with E-state index in [1.165, 1.54) is 0 Å². The molecule has 1 amide bonds. The zero-order valence-electron chi connectivity index (χ0n) is 11.4. The van der Waals surface area contributed by atoms with Crippen molar-refractivity contribution >= 4 is 21.8 Å². The van der Waals surface area contributed by atoms with Gasteiger partial charge in [-0.3, -0.25) is 4.79 Å². The van der Waals surface area contributed by atoms with Crippen LogP contribution < -0.4 is 5.32 Å². The van der Waals surface area contributed by atoms with Crippen LogP contribution in [0, 0.1) is 13.8 Å². The van der Waals surface area contributed by atoms with E-state index in [1.54, 1.807) is 10.8 Å². The molecule has 0 radical (unpaired) electrons. The van der Waals surface area contributed by atoms with Gasteiger partial charge in [0.25, 0.3) is 5.91 Å². The van der Waals surface area contributed by atoms with Gasteiger partial charge in [0.15, 0.2) is 5.69 Å². The standard InChI is InChI=1S/C14H15BrN4O/c1-4-7-16-14(20)13-10(3)19(18-17-13)11-5-6-12(15)9(2)8-11/h4-6,8H,1,7H2,2-3H3,(H,16,20). The van der Waals surface area contributed by atoms with Gasteiger partial charge in [0.1, 0.15) is 0 Å². The predicted octanol–water partition coefficient (Wildman–Crippen LogP) is 2.56. The fraction of sp³-hybridized carbons (Fsp3) is 0.214. The molecule has 1 heterocycles. The van der Waals surface area contributed by atoms with Crippen molar-refractivity contribution in [2.75, 3.05) is 6.54 Å². The number of halogens is 1. The molecule has 0 atom stereocenters. The minimum atomic E-state index is -0.248. The van der Waals surface area contributed by atoms with Gasteiger partial charge < -0.3 is 5.32 Å². The van der Waals surface area contributed by atoms with Crippen LogP contribution in [-0.4, -0.2) is 27.4 Å². The predicted molar refractivity (Wildman–Crippen MR) is 81.1 cm³/mol. The van der Waals surface area contributed by atoms with Crippen molar-refractivity contribution in [2.24, 2.45) is 0 Å². The normalized spacial score (nSPS) is 10.3. The molecule has 20 heavy (non-hydrogen) atoms. The highest BCUT2D eigenvalue weighted by molar-refractivity contribution is 9.10. The molecule has 6 heteroatoms. The third-order valence-corrected chi connectivity index (χ3v) is 3.79. The molecule has 0 aliphatic heterocycles. The molecule has 104 valence electrons. The highest BCUT2D eigenvalue weighted by Crippen LogP contribution is 2.20. The Kier molecular flexibility index (Phi) is 4.34. The molecule has 0 unspecified atom stereocenters. The van der Waals surface area contributed by atoms with E-state index in [1.807, 2.05) is 32.0 Å². The Balaban J connectivity index is 2.35. The molecular weight excluding hydrogens is 320 g/mol. The van der Waals surface area contributed by atoms with Gasteiger partial charge in [-0.25, -0.2) is 4.68 Å². The van der Waals surface area contributed by atoms with Crippen LogP contribution in [0.2, 0.25) is 0 Å². The lowest BCUT2D eigenvalue weighted by atomic mass is 10.2. The first-order valence-electron chi connectivity index (χ1n) is 6.12. The molecule has 5 nitrogen and oxygen atoms in total. The first-order valence-corrected chi connectivity index (χ1v) is 6.92. The third kappa shape index (κ3) is 2.80. The maximum absolute atomic E-state index is 11.9. The summed E-state index contributed by atoms with van der Waals surface area (Å²) in [6.07, 6.45) is 1.62. The van der Waals surface area contributed by atoms with Gasteiger partial charge in [-0.2, -0.15) is 0 Å². The van der Waals surface area contributed by atoms with Crippen LogP contribution in [-0.2, 0) is 0 Å². The smallest absolute Gasteiger partial charge is 0.274 e. The summed E-state index contributed by atoms with van der Waals surface area (Å²) in [6.45, 7) is 7.78. The van der Waals surface area contributed by atoms with Crippen molar-refractivity contribution in [1.29, 1.82) is 0 Å². The second-order valence-corrected chi connectivity index (χ2v) is 5.22. The molecule has 1 aromatic heterocycles. The number of aromatic nitrogens is 3. The Morgan fingerprint density at radius 3 is 2.90 bits per heavy atom. The first kappa shape index (κ1) is 14.5. The van der Waals surface area contributed by atoms with Crippen LogP contribution in [0.4, 0.5) is 0 Å². The van der Waals surface area contributed by atoms with E-state index in [-0.39, 0.29) is 5.91 Å². The number of amides is 1. The van der Waals surface area contributed by atoms with Crippen LogP contribution >= 0.6 is 15.9 Å². The summed E-state index contributed by atoms with van der Waals surface area (Å²) in [5, 5.41) is 10.7. The van der Waals surface area contributed by atoms with Gasteiger partial charge >= 0.3 is 0 Å². The highest BCUT2D eigenvalue weighted by atomic mass is 79.9. The second kappa shape index (κ2) is 6.00. The largest absolute Gasteiger partial charge is 0.347 e. The topological polar surface area (TPSA) is 59.8 Å². The van der Waals surface area contributed by atoms with Gasteiger partial charge in [-0.05, 0) is 37.6 Å². The van der Waals surface area contributed by atoms with E-state index >= 15 is 0 Å². The molecule has 0 bridgehead atoms. The lowest BCUT2D eigenvalue weighted by Crippen LogP contribution is -2.24. The van der Waals surface area contributed by atoms with E-state index in [9.17, 15) is 4.79 Å². The van der Waals surface area contributed by atoms with E-state index < -0.39 is 0 Å². The molecule has 2 aromatic rings. The van der Waals surface area contributed by atoms with Crippen LogP contribution in [0.25, 0.3) is 5.69 Å². The number of aryl methyl sites for hydroxylation is 1. The Bertz CT molecular complexity index is 663. The highest BCUT2D eigenvalue weighted by Gasteiger charge is 2.16. The summed E-state index contributed by atoms with van der Waals surface area (Å²) in [5.41, 5.74) is 2.99. The van der Waals surface area contributed by atoms with Crippen LogP contribution in [0.1, 0.15) is 21.7 Å². The van der Waals surface area contributed by atoms with Gasteiger partial charge in [-0.15, -0.1) is 11.7 Å². The minimum Gasteiger partial charge on any atom is -0.347 e. The zero-order chi connectivity index (χ0) is 14.7. The summed E-state index contributed by atoms with van der Waals surface area (Å²) in [7, 11) is 0. The first-order chi connectivity index (χ1) is 9.54. The van der Waals surface area contributed by atoms with Crippen molar-refractivity contribution in [3.05, 3.63) is 52.3 Å². The van der Waals surface area contributed by atoms with E-state index in [4.69, 9.17) is 0 Å². The van der Waals surface area contributed by atoms with E-state index in [0.29, 0.717) is 17.9 Å². The van der Waals surface area contributed by atoms with Crippen molar-refractivity contribution in [3.63, 3.8) is 0 Å². The summed E-state index contributed by atoms with van der Waals surface area (Å²) >= 11 is 3.46. The summed E-state index contributed by atoms with van der Waals surface area (Å²) in [5.74, 6) is -0.248. The molecule has 0 saturated heterocycles. The Hall–Kier alpha value is -1.95. The molecule has 0 fully saturated rings. The van der Waals surface area contributed by atoms with Crippen molar-refractivity contribution < 1.29 is 4.79 Å². The number of benzene rings is 1. The number of nitrogens with zero attached hydrogens (tertiary/aromatic N) is 3. The molecular formula is C14H15BrN4O. The molecule has 0 saturated carbocycles. The molecule has 1 aromatic carbocycles. The van der Waals surface area contributed by atoms with Crippen molar-refractivity contribution in [1.82, 2.24) is 20.3 Å². The van der Waals surface area contributed by atoms with Crippen LogP contribution in [0.15, 0.2) is 35.3 Å². The molecule has 2 rings (SSSR count). The van der Waals surface area contributed by atoms with Crippen LogP contribution in [0.3, 0.4) is 0 Å². The number of carbonyl (C=O) groups is 1. The summed E-state index contributed by atoms with van der Waals surface area (Å²) in [6, 6.07) is 5.85. The average Bonchev–Trinajstić information content (AvgIpc) is 2.81. The maximum atomic E-state index is 11.9. The molecule has 0 spiro atoms. The minimum absolute atomic E-state index is 0.248. The quantitative estimate of drug-likeness (QED) is 0.874. The van der Waals surface area contributed by atoms with Crippen molar-refractivity contribution in [2.45, 2.75) is 13.8 Å².